The van der Waals surface area contributed by atoms with Gasteiger partial charge in [-0.15, -0.1) is 0 Å². The summed E-state index contributed by atoms with van der Waals surface area (Å²) in [5, 5.41) is 4.23. The van der Waals surface area contributed by atoms with Gasteiger partial charge in [0, 0.05) is 0 Å². The fourth-order valence-electron chi connectivity index (χ4n) is 2.03. The smallest absolute Gasteiger partial charge is 0.357 e. The number of benzene rings is 1. The molecule has 0 radical (unpaired) electrons. The van der Waals surface area contributed by atoms with Crippen molar-refractivity contribution in [2.45, 2.75) is 20.4 Å². The summed E-state index contributed by atoms with van der Waals surface area (Å²) in [6.07, 6.45) is 1.61. The molecule has 0 saturated carbocycles. The van der Waals surface area contributed by atoms with Crippen LogP contribution >= 0.6 is 15.9 Å². The molecule has 5 heteroatoms. The lowest BCUT2D eigenvalue weighted by molar-refractivity contribution is 0.0586. The number of halogens is 1. The number of carbonyl (C=O) groups is 1. The van der Waals surface area contributed by atoms with Gasteiger partial charge in [-0.05, 0) is 46.5 Å². The van der Waals surface area contributed by atoms with Gasteiger partial charge in [-0.2, -0.15) is 5.10 Å². The Labute approximate surface area is 120 Å². The van der Waals surface area contributed by atoms with Gasteiger partial charge in [0.25, 0.3) is 0 Å². The molecule has 0 aliphatic heterocycles. The number of nitrogens with zero attached hydrogens (tertiary/aromatic N) is 2. The maximum Gasteiger partial charge on any atom is 0.357 e. The van der Waals surface area contributed by atoms with E-state index in [-0.39, 0.29) is 0 Å². The normalized spacial score (nSPS) is 10.5. The molecule has 4 nitrogen and oxygen atoms in total. The molecular weight excluding hydrogens is 308 g/mol. The average Bonchev–Trinajstić information content (AvgIpc) is 2.74. The predicted molar refractivity (Wildman–Crippen MR) is 76.3 cm³/mol. The fourth-order valence-corrected chi connectivity index (χ4v) is 2.49. The molecule has 0 saturated heterocycles. The molecule has 0 amide bonds. The summed E-state index contributed by atoms with van der Waals surface area (Å²) in [5.41, 5.74) is 3.97. The van der Waals surface area contributed by atoms with Crippen molar-refractivity contribution < 1.29 is 9.53 Å². The van der Waals surface area contributed by atoms with E-state index in [2.05, 4.69) is 47.0 Å². The summed E-state index contributed by atoms with van der Waals surface area (Å²) >= 11 is 3.32. The molecule has 0 aliphatic rings. The molecule has 2 rings (SSSR count). The molecule has 0 spiro atoms. The summed E-state index contributed by atoms with van der Waals surface area (Å²) in [4.78, 5) is 11.8. The first-order chi connectivity index (χ1) is 9.04. The molecule has 0 atom stereocenters. The highest BCUT2D eigenvalue weighted by atomic mass is 79.9. The predicted octanol–water partition coefficient (Wildman–Crippen LogP) is 3.10. The molecule has 0 unspecified atom stereocenters. The second-order valence-corrected chi connectivity index (χ2v) is 5.22. The second-order valence-electron chi connectivity index (χ2n) is 4.36. The summed E-state index contributed by atoms with van der Waals surface area (Å²) in [6, 6.07) is 6.13. The number of carbonyl (C=O) groups excluding carboxylic acids is 1. The molecule has 0 N–H and O–H groups in total. The Morgan fingerprint density at radius 3 is 2.58 bits per heavy atom. The Balaban J connectivity index is 2.42. The summed E-state index contributed by atoms with van der Waals surface area (Å²) < 4.78 is 7.09. The minimum Gasteiger partial charge on any atom is -0.464 e. The van der Waals surface area contributed by atoms with E-state index in [1.165, 1.54) is 23.8 Å². The molecule has 19 heavy (non-hydrogen) atoms. The van der Waals surface area contributed by atoms with Crippen LogP contribution in [0.3, 0.4) is 0 Å². The highest BCUT2D eigenvalue weighted by Gasteiger charge is 2.18. The third-order valence-electron chi connectivity index (χ3n) is 3.13. The van der Waals surface area contributed by atoms with E-state index in [1.54, 1.807) is 10.9 Å². The summed E-state index contributed by atoms with van der Waals surface area (Å²) in [5.74, 6) is -0.393. The second kappa shape index (κ2) is 5.57. The number of hydrogen-bond donors (Lipinski definition) is 0. The molecule has 100 valence electrons. The first kappa shape index (κ1) is 13.8. The Morgan fingerprint density at radius 1 is 1.37 bits per heavy atom. The molecule has 1 heterocycles. The number of ether oxygens (including phenoxy) is 1. The van der Waals surface area contributed by atoms with E-state index in [1.807, 2.05) is 6.07 Å². The zero-order chi connectivity index (χ0) is 14.0. The van der Waals surface area contributed by atoms with Crippen molar-refractivity contribution in [3.05, 3.63) is 51.3 Å². The van der Waals surface area contributed by atoms with Crippen molar-refractivity contribution in [2.75, 3.05) is 7.11 Å². The van der Waals surface area contributed by atoms with Crippen LogP contribution in [-0.2, 0) is 11.3 Å². The minimum atomic E-state index is -0.393. The molecule has 2 aromatic rings. The Kier molecular flexibility index (Phi) is 4.04. The Bertz CT molecular complexity index is 600. The SMILES string of the molecule is COC(=O)c1c(Br)cnn1Cc1c(C)cccc1C. The monoisotopic (exact) mass is 322 g/mol. The maximum absolute atomic E-state index is 11.8. The molecule has 0 aliphatic carbocycles. The standard InChI is InChI=1S/C14H15BrN2O2/c1-9-5-4-6-10(2)11(9)8-17-13(14(18)19-3)12(15)7-16-17/h4-7H,8H2,1-3H3. The van der Waals surface area contributed by atoms with Crippen molar-refractivity contribution in [3.8, 4) is 0 Å². The van der Waals surface area contributed by atoms with Gasteiger partial charge in [0.2, 0.25) is 0 Å². The van der Waals surface area contributed by atoms with Crippen LogP contribution in [-0.4, -0.2) is 22.9 Å². The molecular formula is C14H15BrN2O2. The van der Waals surface area contributed by atoms with Crippen molar-refractivity contribution in [1.82, 2.24) is 9.78 Å². The number of aryl methyl sites for hydroxylation is 2. The lowest BCUT2D eigenvalue weighted by Gasteiger charge is -2.11. The van der Waals surface area contributed by atoms with E-state index in [0.29, 0.717) is 16.7 Å². The van der Waals surface area contributed by atoms with Gasteiger partial charge < -0.3 is 4.74 Å². The highest BCUT2D eigenvalue weighted by molar-refractivity contribution is 9.10. The van der Waals surface area contributed by atoms with Crippen LogP contribution in [0.4, 0.5) is 0 Å². The van der Waals surface area contributed by atoms with Crippen LogP contribution < -0.4 is 0 Å². The zero-order valence-electron chi connectivity index (χ0n) is 11.1. The molecule has 0 fully saturated rings. The fraction of sp³-hybridized carbons (Fsp3) is 0.286. The van der Waals surface area contributed by atoms with E-state index < -0.39 is 5.97 Å². The van der Waals surface area contributed by atoms with Crippen LogP contribution in [0.25, 0.3) is 0 Å². The third kappa shape index (κ3) is 2.71. The number of hydrogen-bond acceptors (Lipinski definition) is 3. The van der Waals surface area contributed by atoms with Crippen molar-refractivity contribution in [2.24, 2.45) is 0 Å². The summed E-state index contributed by atoms with van der Waals surface area (Å²) in [6.45, 7) is 4.66. The first-order valence-electron chi connectivity index (χ1n) is 5.89. The van der Waals surface area contributed by atoms with Gasteiger partial charge >= 0.3 is 5.97 Å². The number of aromatic nitrogens is 2. The van der Waals surface area contributed by atoms with Crippen molar-refractivity contribution in [1.29, 1.82) is 0 Å². The average molecular weight is 323 g/mol. The van der Waals surface area contributed by atoms with E-state index in [9.17, 15) is 4.79 Å². The lowest BCUT2D eigenvalue weighted by atomic mass is 10.0. The Morgan fingerprint density at radius 2 is 2.00 bits per heavy atom. The van der Waals surface area contributed by atoms with E-state index in [0.717, 1.165) is 0 Å². The van der Waals surface area contributed by atoms with Gasteiger partial charge in [-0.3, -0.25) is 4.68 Å². The summed E-state index contributed by atoms with van der Waals surface area (Å²) in [7, 11) is 1.37. The zero-order valence-corrected chi connectivity index (χ0v) is 12.7. The van der Waals surface area contributed by atoms with Crippen LogP contribution in [0.15, 0.2) is 28.9 Å². The molecule has 1 aromatic heterocycles. The quantitative estimate of drug-likeness (QED) is 0.815. The topological polar surface area (TPSA) is 44.1 Å². The maximum atomic E-state index is 11.8. The van der Waals surface area contributed by atoms with Crippen molar-refractivity contribution in [3.63, 3.8) is 0 Å². The number of esters is 1. The Hall–Kier alpha value is -1.62. The van der Waals surface area contributed by atoms with Crippen molar-refractivity contribution >= 4 is 21.9 Å². The minimum absolute atomic E-state index is 0.393. The lowest BCUT2D eigenvalue weighted by Crippen LogP contribution is -2.14. The van der Waals surface area contributed by atoms with Crippen LogP contribution in [0.2, 0.25) is 0 Å². The van der Waals surface area contributed by atoms with Crippen LogP contribution in [0, 0.1) is 13.8 Å². The van der Waals surface area contributed by atoms with Gasteiger partial charge in [0.15, 0.2) is 5.69 Å². The van der Waals surface area contributed by atoms with Gasteiger partial charge in [0.05, 0.1) is 24.3 Å². The van der Waals surface area contributed by atoms with Crippen LogP contribution in [0.1, 0.15) is 27.2 Å². The largest absolute Gasteiger partial charge is 0.464 e. The molecule has 0 bridgehead atoms. The van der Waals surface area contributed by atoms with Gasteiger partial charge in [-0.25, -0.2) is 4.79 Å². The van der Waals surface area contributed by atoms with Gasteiger partial charge in [-0.1, -0.05) is 18.2 Å². The number of methoxy groups -OCH3 is 1. The highest BCUT2D eigenvalue weighted by Crippen LogP contribution is 2.20. The van der Waals surface area contributed by atoms with Gasteiger partial charge in [0.1, 0.15) is 0 Å². The van der Waals surface area contributed by atoms with E-state index in [4.69, 9.17) is 4.74 Å². The third-order valence-corrected chi connectivity index (χ3v) is 3.71. The first-order valence-corrected chi connectivity index (χ1v) is 6.68. The van der Waals surface area contributed by atoms with Crippen LogP contribution in [0.5, 0.6) is 0 Å². The molecule has 1 aromatic carbocycles. The number of rotatable bonds is 3. The van der Waals surface area contributed by atoms with E-state index >= 15 is 0 Å².